The highest BCUT2D eigenvalue weighted by Crippen LogP contribution is 2.24. The number of phenols is 1. The van der Waals surface area contributed by atoms with E-state index in [4.69, 9.17) is 4.74 Å². The number of phenolic OH excluding ortho intramolecular Hbond substituents is 1. The number of aromatic hydroxyl groups is 1. The molecule has 0 aromatic heterocycles. The minimum Gasteiger partial charge on any atom is -0.507 e. The van der Waals surface area contributed by atoms with E-state index in [2.05, 4.69) is 5.32 Å². The number of carbonyl (C=O) groups excluding carboxylic acids is 2. The molecule has 2 aromatic rings. The molecule has 0 atom stereocenters. The van der Waals surface area contributed by atoms with Gasteiger partial charge in [-0.15, -0.1) is 0 Å². The largest absolute Gasteiger partial charge is 0.507 e. The summed E-state index contributed by atoms with van der Waals surface area (Å²) in [5, 5.41) is 12.5. The quantitative estimate of drug-likeness (QED) is 0.847. The lowest BCUT2D eigenvalue weighted by Gasteiger charge is -2.09. The Labute approximate surface area is 122 Å². The van der Waals surface area contributed by atoms with E-state index in [0.29, 0.717) is 17.0 Å². The number of amides is 1. The Hall–Kier alpha value is -2.82. The van der Waals surface area contributed by atoms with Crippen molar-refractivity contribution in [1.82, 2.24) is 0 Å². The molecule has 0 saturated heterocycles. The second-order valence-corrected chi connectivity index (χ2v) is 4.47. The molecule has 2 aromatic carbocycles. The second-order valence-electron chi connectivity index (χ2n) is 4.47. The van der Waals surface area contributed by atoms with Crippen LogP contribution in [-0.4, -0.2) is 23.9 Å². The molecule has 0 spiro atoms. The third-order valence-corrected chi connectivity index (χ3v) is 2.98. The number of ether oxygens (including phenoxy) is 1. The van der Waals surface area contributed by atoms with Crippen molar-refractivity contribution in [2.24, 2.45) is 0 Å². The van der Waals surface area contributed by atoms with Crippen molar-refractivity contribution in [3.05, 3.63) is 53.6 Å². The average Bonchev–Trinajstić information content (AvgIpc) is 2.47. The van der Waals surface area contributed by atoms with Gasteiger partial charge in [-0.3, -0.25) is 9.59 Å². The highest BCUT2D eigenvalue weighted by atomic mass is 16.5. The maximum Gasteiger partial charge on any atom is 0.259 e. The molecule has 2 rings (SSSR count). The molecule has 0 saturated carbocycles. The van der Waals surface area contributed by atoms with Gasteiger partial charge in [0, 0.05) is 17.3 Å². The third kappa shape index (κ3) is 3.39. The highest BCUT2D eigenvalue weighted by Gasteiger charge is 2.12. The highest BCUT2D eigenvalue weighted by molar-refractivity contribution is 6.06. The van der Waals surface area contributed by atoms with E-state index in [1.807, 2.05) is 0 Å². The first kappa shape index (κ1) is 14.6. The van der Waals surface area contributed by atoms with Crippen LogP contribution in [0.3, 0.4) is 0 Å². The molecule has 0 radical (unpaired) electrons. The molecule has 0 aliphatic rings. The van der Waals surface area contributed by atoms with Crippen molar-refractivity contribution in [3.8, 4) is 11.5 Å². The Balaban J connectivity index is 2.22. The predicted octanol–water partition coefficient (Wildman–Crippen LogP) is 2.86. The van der Waals surface area contributed by atoms with Crippen molar-refractivity contribution >= 4 is 17.4 Å². The number of Topliss-reactive ketones (excluding diaryl/α,β-unsaturated/α-hetero) is 1. The van der Waals surface area contributed by atoms with Gasteiger partial charge in [-0.25, -0.2) is 0 Å². The van der Waals surface area contributed by atoms with Crippen LogP contribution in [-0.2, 0) is 0 Å². The van der Waals surface area contributed by atoms with E-state index in [1.54, 1.807) is 30.3 Å². The number of anilines is 1. The Bertz CT molecular complexity index is 694. The summed E-state index contributed by atoms with van der Waals surface area (Å²) < 4.78 is 4.96. The number of hydrogen-bond donors (Lipinski definition) is 2. The van der Waals surface area contributed by atoms with Crippen LogP contribution >= 0.6 is 0 Å². The fourth-order valence-corrected chi connectivity index (χ4v) is 1.84. The van der Waals surface area contributed by atoms with Gasteiger partial charge in [-0.2, -0.15) is 0 Å². The van der Waals surface area contributed by atoms with Gasteiger partial charge in [-0.05, 0) is 31.2 Å². The zero-order chi connectivity index (χ0) is 15.4. The average molecular weight is 285 g/mol. The molecule has 2 N–H and O–H groups in total. The topological polar surface area (TPSA) is 75.6 Å². The molecular formula is C16H15NO4. The summed E-state index contributed by atoms with van der Waals surface area (Å²) in [5.74, 6) is -0.258. The minimum absolute atomic E-state index is 0.0848. The molecule has 0 unspecified atom stereocenters. The summed E-state index contributed by atoms with van der Waals surface area (Å²) in [6.07, 6.45) is 0. The molecule has 1 amide bonds. The maximum atomic E-state index is 12.1. The van der Waals surface area contributed by atoms with Gasteiger partial charge in [0.2, 0.25) is 0 Å². The number of rotatable bonds is 4. The number of carbonyl (C=O) groups is 2. The fraction of sp³-hybridized carbons (Fsp3) is 0.125. The first-order valence-electron chi connectivity index (χ1n) is 6.30. The van der Waals surface area contributed by atoms with Gasteiger partial charge in [-0.1, -0.05) is 12.1 Å². The number of hydrogen-bond acceptors (Lipinski definition) is 4. The van der Waals surface area contributed by atoms with Crippen LogP contribution in [0, 0.1) is 0 Å². The molecule has 0 bridgehead atoms. The lowest BCUT2D eigenvalue weighted by atomic mass is 10.1. The van der Waals surface area contributed by atoms with E-state index < -0.39 is 5.91 Å². The molecule has 0 aliphatic heterocycles. The molecule has 5 nitrogen and oxygen atoms in total. The molecule has 0 heterocycles. The zero-order valence-corrected chi connectivity index (χ0v) is 11.7. The van der Waals surface area contributed by atoms with E-state index in [0.717, 1.165) is 0 Å². The molecule has 0 aliphatic carbocycles. The molecular weight excluding hydrogens is 270 g/mol. The van der Waals surface area contributed by atoms with Crippen molar-refractivity contribution < 1.29 is 19.4 Å². The first-order chi connectivity index (χ1) is 10.0. The number of methoxy groups -OCH3 is 1. The second kappa shape index (κ2) is 6.09. The number of ketones is 1. The van der Waals surface area contributed by atoms with Gasteiger partial charge in [0.25, 0.3) is 5.91 Å². The SMILES string of the molecule is COc1ccc(C(=O)Nc2cccc(C(C)=O)c2)c(O)c1. The predicted molar refractivity (Wildman–Crippen MR) is 79.1 cm³/mol. The van der Waals surface area contributed by atoms with E-state index in [-0.39, 0.29) is 17.1 Å². The zero-order valence-electron chi connectivity index (χ0n) is 11.7. The van der Waals surface area contributed by atoms with Crippen LogP contribution in [0.2, 0.25) is 0 Å². The summed E-state index contributed by atoms with van der Waals surface area (Å²) in [6.45, 7) is 1.45. The van der Waals surface area contributed by atoms with Crippen LogP contribution < -0.4 is 10.1 Å². The van der Waals surface area contributed by atoms with Crippen molar-refractivity contribution in [3.63, 3.8) is 0 Å². The number of nitrogens with one attached hydrogen (secondary N) is 1. The van der Waals surface area contributed by atoms with E-state index in [9.17, 15) is 14.7 Å². The number of benzene rings is 2. The Morgan fingerprint density at radius 3 is 2.52 bits per heavy atom. The van der Waals surface area contributed by atoms with Crippen LogP contribution in [0.1, 0.15) is 27.6 Å². The monoisotopic (exact) mass is 285 g/mol. The summed E-state index contributed by atoms with van der Waals surface area (Å²) in [6, 6.07) is 11.0. The Morgan fingerprint density at radius 1 is 1.14 bits per heavy atom. The van der Waals surface area contributed by atoms with Crippen LogP contribution in [0.15, 0.2) is 42.5 Å². The summed E-state index contributed by atoms with van der Waals surface area (Å²) >= 11 is 0. The first-order valence-corrected chi connectivity index (χ1v) is 6.30. The molecule has 108 valence electrons. The van der Waals surface area contributed by atoms with Gasteiger partial charge in [0.1, 0.15) is 11.5 Å². The molecule has 5 heteroatoms. The third-order valence-electron chi connectivity index (χ3n) is 2.98. The smallest absolute Gasteiger partial charge is 0.259 e. The van der Waals surface area contributed by atoms with Crippen LogP contribution in [0.4, 0.5) is 5.69 Å². The molecule has 0 fully saturated rings. The lowest BCUT2D eigenvalue weighted by molar-refractivity contribution is 0.101. The van der Waals surface area contributed by atoms with Gasteiger partial charge in [0.05, 0.1) is 12.7 Å². The van der Waals surface area contributed by atoms with Crippen LogP contribution in [0.25, 0.3) is 0 Å². The lowest BCUT2D eigenvalue weighted by Crippen LogP contribution is -2.12. The van der Waals surface area contributed by atoms with Gasteiger partial charge < -0.3 is 15.2 Å². The summed E-state index contributed by atoms with van der Waals surface area (Å²) in [5.41, 5.74) is 1.12. The van der Waals surface area contributed by atoms with Crippen molar-refractivity contribution in [2.75, 3.05) is 12.4 Å². The normalized spacial score (nSPS) is 10.0. The fourth-order valence-electron chi connectivity index (χ4n) is 1.84. The summed E-state index contributed by atoms with van der Waals surface area (Å²) in [4.78, 5) is 23.4. The van der Waals surface area contributed by atoms with Gasteiger partial charge >= 0.3 is 0 Å². The Kier molecular flexibility index (Phi) is 4.23. The van der Waals surface area contributed by atoms with Crippen molar-refractivity contribution in [2.45, 2.75) is 6.92 Å². The summed E-state index contributed by atoms with van der Waals surface area (Å²) in [7, 11) is 1.47. The van der Waals surface area contributed by atoms with Crippen molar-refractivity contribution in [1.29, 1.82) is 0 Å². The standard InChI is InChI=1S/C16H15NO4/c1-10(18)11-4-3-5-12(8-11)17-16(20)14-7-6-13(21-2)9-15(14)19/h3-9,19H,1-2H3,(H,17,20). The van der Waals surface area contributed by atoms with Crippen LogP contribution in [0.5, 0.6) is 11.5 Å². The van der Waals surface area contributed by atoms with E-state index >= 15 is 0 Å². The molecule has 21 heavy (non-hydrogen) atoms. The minimum atomic E-state index is -0.462. The maximum absolute atomic E-state index is 12.1. The Morgan fingerprint density at radius 2 is 1.90 bits per heavy atom. The van der Waals surface area contributed by atoms with Gasteiger partial charge in [0.15, 0.2) is 5.78 Å². The van der Waals surface area contributed by atoms with E-state index in [1.165, 1.54) is 26.2 Å².